The molecule has 1 aliphatic carbocycles. The van der Waals surface area contributed by atoms with Gasteiger partial charge in [-0.25, -0.2) is 9.78 Å². The first-order chi connectivity index (χ1) is 8.69. The van der Waals surface area contributed by atoms with E-state index in [1.165, 1.54) is 17.8 Å². The molecule has 2 rings (SSSR count). The predicted molar refractivity (Wildman–Crippen MR) is 74.0 cm³/mol. The van der Waals surface area contributed by atoms with Crippen molar-refractivity contribution in [3.05, 3.63) is 11.1 Å². The number of hydrogen-bond donors (Lipinski definition) is 3. The van der Waals surface area contributed by atoms with Crippen molar-refractivity contribution < 1.29 is 4.79 Å². The van der Waals surface area contributed by atoms with Crippen molar-refractivity contribution in [1.29, 1.82) is 0 Å². The summed E-state index contributed by atoms with van der Waals surface area (Å²) in [5, 5.41) is 11.6. The predicted octanol–water partition coefficient (Wildman–Crippen LogP) is 2.49. The third kappa shape index (κ3) is 3.43. The summed E-state index contributed by atoms with van der Waals surface area (Å²) < 4.78 is 0. The lowest BCUT2D eigenvalue weighted by Gasteiger charge is -2.26. The van der Waals surface area contributed by atoms with Crippen LogP contribution in [0.5, 0.6) is 0 Å². The molecule has 0 spiro atoms. The summed E-state index contributed by atoms with van der Waals surface area (Å²) in [6.07, 6.45) is 3.40. The molecular weight excluding hydrogens is 248 g/mol. The molecule has 3 N–H and O–H groups in total. The average Bonchev–Trinajstić information content (AvgIpc) is 2.72. The van der Waals surface area contributed by atoms with Crippen molar-refractivity contribution in [2.75, 3.05) is 11.9 Å². The highest BCUT2D eigenvalue weighted by Crippen LogP contribution is 2.21. The molecule has 0 aromatic carbocycles. The third-order valence-electron chi connectivity index (χ3n) is 3.14. The van der Waals surface area contributed by atoms with Gasteiger partial charge in [0.2, 0.25) is 0 Å². The highest BCUT2D eigenvalue weighted by atomic mass is 32.1. The van der Waals surface area contributed by atoms with E-state index in [4.69, 9.17) is 0 Å². The zero-order valence-corrected chi connectivity index (χ0v) is 11.6. The number of carbonyl (C=O) groups is 1. The molecule has 1 atom stereocenters. The Morgan fingerprint density at radius 3 is 3.00 bits per heavy atom. The van der Waals surface area contributed by atoms with Crippen LogP contribution in [-0.2, 0) is 0 Å². The molecule has 1 unspecified atom stereocenters. The van der Waals surface area contributed by atoms with E-state index in [0.717, 1.165) is 25.1 Å². The van der Waals surface area contributed by atoms with Gasteiger partial charge in [-0.05, 0) is 32.7 Å². The van der Waals surface area contributed by atoms with Crippen molar-refractivity contribution >= 4 is 22.5 Å². The number of anilines is 1. The van der Waals surface area contributed by atoms with Gasteiger partial charge in [0.15, 0.2) is 5.13 Å². The summed E-state index contributed by atoms with van der Waals surface area (Å²) in [6.45, 7) is 5.04. The monoisotopic (exact) mass is 268 g/mol. The Labute approximate surface area is 111 Å². The molecule has 1 fully saturated rings. The highest BCUT2D eigenvalue weighted by Gasteiger charge is 2.19. The van der Waals surface area contributed by atoms with E-state index in [1.54, 1.807) is 0 Å². The molecule has 1 aromatic rings. The van der Waals surface area contributed by atoms with Crippen molar-refractivity contribution in [2.45, 2.75) is 45.2 Å². The average molecular weight is 268 g/mol. The van der Waals surface area contributed by atoms with Crippen molar-refractivity contribution in [3.8, 4) is 0 Å². The summed E-state index contributed by atoms with van der Waals surface area (Å²) in [4.78, 5) is 16.1. The third-order valence-corrected chi connectivity index (χ3v) is 3.91. The van der Waals surface area contributed by atoms with Crippen LogP contribution in [0.15, 0.2) is 5.38 Å². The van der Waals surface area contributed by atoms with E-state index in [9.17, 15) is 4.79 Å². The van der Waals surface area contributed by atoms with Crippen molar-refractivity contribution in [3.63, 3.8) is 0 Å². The molecule has 1 aromatic heterocycles. The van der Waals surface area contributed by atoms with Crippen LogP contribution in [-0.4, -0.2) is 23.6 Å². The Morgan fingerprint density at radius 2 is 2.39 bits per heavy atom. The van der Waals surface area contributed by atoms with E-state index in [0.29, 0.717) is 11.2 Å². The fourth-order valence-corrected chi connectivity index (χ4v) is 2.62. The number of amides is 2. The lowest BCUT2D eigenvalue weighted by atomic mass is 9.93. The van der Waals surface area contributed by atoms with Gasteiger partial charge in [0, 0.05) is 17.5 Å². The van der Waals surface area contributed by atoms with E-state index >= 15 is 0 Å². The molecule has 0 bridgehead atoms. The topological polar surface area (TPSA) is 66.0 Å². The SMILES string of the molecule is CCNC(C)c1csc(NC(=O)NC2CCC2)n1. The normalized spacial score (nSPS) is 17.0. The van der Waals surface area contributed by atoms with Gasteiger partial charge in [-0.1, -0.05) is 6.92 Å². The Kier molecular flexibility index (Phi) is 4.54. The fourth-order valence-electron chi connectivity index (χ4n) is 1.82. The molecule has 2 amide bonds. The summed E-state index contributed by atoms with van der Waals surface area (Å²) in [5.74, 6) is 0. The largest absolute Gasteiger partial charge is 0.335 e. The summed E-state index contributed by atoms with van der Waals surface area (Å²) in [6, 6.07) is 0.429. The first-order valence-electron chi connectivity index (χ1n) is 6.45. The highest BCUT2D eigenvalue weighted by molar-refractivity contribution is 7.13. The number of hydrogen-bond acceptors (Lipinski definition) is 4. The second kappa shape index (κ2) is 6.15. The fraction of sp³-hybridized carbons (Fsp3) is 0.667. The summed E-state index contributed by atoms with van der Waals surface area (Å²) >= 11 is 1.46. The molecule has 0 aliphatic heterocycles. The molecule has 6 heteroatoms. The number of aromatic nitrogens is 1. The van der Waals surface area contributed by atoms with Crippen LogP contribution < -0.4 is 16.0 Å². The second-order valence-electron chi connectivity index (χ2n) is 4.58. The molecule has 18 heavy (non-hydrogen) atoms. The van der Waals surface area contributed by atoms with Crippen LogP contribution in [0, 0.1) is 0 Å². The quantitative estimate of drug-likeness (QED) is 0.768. The molecule has 100 valence electrons. The van der Waals surface area contributed by atoms with Crippen LogP contribution in [0.25, 0.3) is 0 Å². The van der Waals surface area contributed by atoms with E-state index in [2.05, 4.69) is 34.8 Å². The smallest absolute Gasteiger partial charge is 0.321 e. The molecule has 5 nitrogen and oxygen atoms in total. The van der Waals surface area contributed by atoms with Gasteiger partial charge < -0.3 is 10.6 Å². The summed E-state index contributed by atoms with van der Waals surface area (Å²) in [7, 11) is 0. The number of thiazole rings is 1. The van der Waals surface area contributed by atoms with Gasteiger partial charge in [-0.2, -0.15) is 0 Å². The van der Waals surface area contributed by atoms with Crippen LogP contribution in [0.2, 0.25) is 0 Å². The van der Waals surface area contributed by atoms with E-state index in [1.807, 2.05) is 5.38 Å². The number of nitrogens with one attached hydrogen (secondary N) is 3. The van der Waals surface area contributed by atoms with Gasteiger partial charge in [-0.3, -0.25) is 5.32 Å². The maximum Gasteiger partial charge on any atom is 0.321 e. The number of urea groups is 1. The van der Waals surface area contributed by atoms with Crippen LogP contribution >= 0.6 is 11.3 Å². The van der Waals surface area contributed by atoms with Crippen LogP contribution in [0.3, 0.4) is 0 Å². The molecule has 0 saturated heterocycles. The first kappa shape index (κ1) is 13.3. The Morgan fingerprint density at radius 1 is 1.61 bits per heavy atom. The maximum absolute atomic E-state index is 11.6. The van der Waals surface area contributed by atoms with Crippen LogP contribution in [0.4, 0.5) is 9.93 Å². The van der Waals surface area contributed by atoms with Gasteiger partial charge >= 0.3 is 6.03 Å². The van der Waals surface area contributed by atoms with E-state index < -0.39 is 0 Å². The number of carbonyl (C=O) groups excluding carboxylic acids is 1. The molecule has 1 heterocycles. The zero-order valence-electron chi connectivity index (χ0n) is 10.8. The zero-order chi connectivity index (χ0) is 13.0. The lowest BCUT2D eigenvalue weighted by molar-refractivity contribution is 0.240. The Balaban J connectivity index is 1.83. The maximum atomic E-state index is 11.6. The van der Waals surface area contributed by atoms with Crippen LogP contribution in [0.1, 0.15) is 44.8 Å². The van der Waals surface area contributed by atoms with Crippen molar-refractivity contribution in [1.82, 2.24) is 15.6 Å². The molecule has 1 saturated carbocycles. The van der Waals surface area contributed by atoms with Gasteiger partial charge in [0.1, 0.15) is 0 Å². The van der Waals surface area contributed by atoms with Gasteiger partial charge in [0.05, 0.1) is 5.69 Å². The molecule has 1 aliphatic rings. The standard InChI is InChI=1S/C12H20N4OS/c1-3-13-8(2)10-7-18-12(15-10)16-11(17)14-9-5-4-6-9/h7-9,13H,3-6H2,1-2H3,(H2,14,15,16,17). The summed E-state index contributed by atoms with van der Waals surface area (Å²) in [5.41, 5.74) is 0.973. The Bertz CT molecular complexity index is 403. The van der Waals surface area contributed by atoms with Gasteiger partial charge in [-0.15, -0.1) is 11.3 Å². The Hall–Kier alpha value is -1.14. The second-order valence-corrected chi connectivity index (χ2v) is 5.44. The molecule has 0 radical (unpaired) electrons. The van der Waals surface area contributed by atoms with E-state index in [-0.39, 0.29) is 12.1 Å². The minimum absolute atomic E-state index is 0.142. The molecular formula is C12H20N4OS. The van der Waals surface area contributed by atoms with Gasteiger partial charge in [0.25, 0.3) is 0 Å². The lowest BCUT2D eigenvalue weighted by Crippen LogP contribution is -2.41. The number of rotatable bonds is 5. The number of nitrogens with zero attached hydrogens (tertiary/aromatic N) is 1. The minimum atomic E-state index is -0.142. The van der Waals surface area contributed by atoms with Crippen molar-refractivity contribution in [2.24, 2.45) is 0 Å². The first-order valence-corrected chi connectivity index (χ1v) is 7.33. The minimum Gasteiger partial charge on any atom is -0.335 e.